The maximum absolute atomic E-state index is 12.3. The number of carbonyl (C=O) groups is 2. The van der Waals surface area contributed by atoms with E-state index in [9.17, 15) is 9.59 Å². The van der Waals surface area contributed by atoms with E-state index in [1.165, 1.54) is 16.0 Å². The average Bonchev–Trinajstić information content (AvgIpc) is 2.78. The molecule has 2 aromatic rings. The molecule has 0 aliphatic carbocycles. The van der Waals surface area contributed by atoms with Crippen LogP contribution in [-0.4, -0.2) is 44.8 Å². The summed E-state index contributed by atoms with van der Waals surface area (Å²) in [7, 11) is 0. The van der Waals surface area contributed by atoms with Gasteiger partial charge in [0.2, 0.25) is 0 Å². The van der Waals surface area contributed by atoms with Gasteiger partial charge in [-0.2, -0.15) is 0 Å². The summed E-state index contributed by atoms with van der Waals surface area (Å²) in [4.78, 5) is 25.9. The molecule has 0 bridgehead atoms. The van der Waals surface area contributed by atoms with Gasteiger partial charge in [-0.25, -0.2) is 4.79 Å². The van der Waals surface area contributed by atoms with Gasteiger partial charge >= 0.3 is 5.97 Å². The van der Waals surface area contributed by atoms with Crippen molar-refractivity contribution < 1.29 is 24.0 Å². The lowest BCUT2D eigenvalue weighted by molar-refractivity contribution is -0.921. The molecule has 6 nitrogen and oxygen atoms in total. The highest BCUT2D eigenvalue weighted by Gasteiger charge is 2.16. The topological polar surface area (TPSA) is 69.1 Å². The van der Waals surface area contributed by atoms with E-state index < -0.39 is 5.97 Å². The first kappa shape index (κ1) is 22.0. The summed E-state index contributed by atoms with van der Waals surface area (Å²) < 4.78 is 10.6. The van der Waals surface area contributed by atoms with Crippen molar-refractivity contribution in [2.45, 2.75) is 32.9 Å². The molecule has 1 amide bonds. The van der Waals surface area contributed by atoms with E-state index in [0.717, 1.165) is 44.8 Å². The molecule has 2 aromatic carbocycles. The van der Waals surface area contributed by atoms with Crippen LogP contribution in [-0.2, 0) is 27.2 Å². The predicted molar refractivity (Wildman–Crippen MR) is 114 cm³/mol. The number of amides is 1. The number of morpholine rings is 1. The van der Waals surface area contributed by atoms with Crippen molar-refractivity contribution >= 4 is 11.9 Å². The van der Waals surface area contributed by atoms with Crippen LogP contribution >= 0.6 is 0 Å². The number of hydrogen-bond donors (Lipinski definition) is 2. The molecule has 6 heteroatoms. The number of carbonyl (C=O) groups excluding carboxylic acids is 2. The van der Waals surface area contributed by atoms with Gasteiger partial charge in [0.05, 0.1) is 24.8 Å². The Morgan fingerprint density at radius 2 is 1.67 bits per heavy atom. The molecule has 0 aromatic heterocycles. The molecule has 0 radical (unpaired) electrons. The molecule has 3 rings (SSSR count). The summed E-state index contributed by atoms with van der Waals surface area (Å²) in [6.45, 7) is 8.23. The van der Waals surface area contributed by atoms with Crippen molar-refractivity contribution in [1.82, 2.24) is 5.32 Å². The molecule has 1 atom stereocenters. The normalized spacial score (nSPS) is 15.4. The van der Waals surface area contributed by atoms with Crippen molar-refractivity contribution in [2.24, 2.45) is 0 Å². The molecule has 160 valence electrons. The Bertz CT molecular complexity index is 827. The molecule has 2 N–H and O–H groups in total. The summed E-state index contributed by atoms with van der Waals surface area (Å²) in [5, 5.41) is 2.87. The SMILES string of the molecule is CCc1ccc([C@@H](C)NC(=O)COC(=O)c2ccc(C[NH+]3CCOCC3)cc2)cc1. The second-order valence-electron chi connectivity index (χ2n) is 7.70. The Labute approximate surface area is 178 Å². The first-order valence-electron chi connectivity index (χ1n) is 10.6. The molecule has 1 heterocycles. The number of rotatable bonds is 8. The number of hydrogen-bond acceptors (Lipinski definition) is 4. The molecular formula is C24H31N2O4+. The Morgan fingerprint density at radius 3 is 2.30 bits per heavy atom. The van der Waals surface area contributed by atoms with Crippen LogP contribution in [0.2, 0.25) is 0 Å². The Balaban J connectivity index is 1.44. The lowest BCUT2D eigenvalue weighted by Gasteiger charge is -2.23. The van der Waals surface area contributed by atoms with Gasteiger partial charge < -0.3 is 19.7 Å². The fraction of sp³-hybridized carbons (Fsp3) is 0.417. The second kappa shape index (κ2) is 10.9. The number of nitrogens with one attached hydrogen (secondary N) is 2. The van der Waals surface area contributed by atoms with Gasteiger partial charge in [-0.1, -0.05) is 43.3 Å². The van der Waals surface area contributed by atoms with Gasteiger partial charge in [-0.3, -0.25) is 4.79 Å². The first-order valence-corrected chi connectivity index (χ1v) is 10.6. The zero-order chi connectivity index (χ0) is 21.3. The van der Waals surface area contributed by atoms with E-state index in [0.29, 0.717) is 5.56 Å². The third kappa shape index (κ3) is 6.40. The number of ether oxygens (including phenoxy) is 2. The number of esters is 1. The Kier molecular flexibility index (Phi) is 7.99. The third-order valence-electron chi connectivity index (χ3n) is 5.44. The van der Waals surface area contributed by atoms with E-state index >= 15 is 0 Å². The minimum Gasteiger partial charge on any atom is -0.452 e. The highest BCUT2D eigenvalue weighted by atomic mass is 16.5. The summed E-state index contributed by atoms with van der Waals surface area (Å²) in [5.74, 6) is -0.807. The smallest absolute Gasteiger partial charge is 0.338 e. The molecule has 0 saturated carbocycles. The standard InChI is InChI=1S/C24H30N2O4/c1-3-19-4-8-21(9-5-19)18(2)25-23(27)17-30-24(28)22-10-6-20(7-11-22)16-26-12-14-29-15-13-26/h4-11,18H,3,12-17H2,1-2H3,(H,25,27)/p+1/t18-/m1/s1. The zero-order valence-electron chi connectivity index (χ0n) is 17.8. The van der Waals surface area contributed by atoms with Crippen LogP contribution in [0.25, 0.3) is 0 Å². The largest absolute Gasteiger partial charge is 0.452 e. The minimum absolute atomic E-state index is 0.149. The molecule has 1 fully saturated rings. The summed E-state index contributed by atoms with van der Waals surface area (Å²) in [6, 6.07) is 15.4. The van der Waals surface area contributed by atoms with Crippen molar-refractivity contribution in [3.05, 3.63) is 70.8 Å². The van der Waals surface area contributed by atoms with Crippen LogP contribution in [0.15, 0.2) is 48.5 Å². The van der Waals surface area contributed by atoms with Gasteiger partial charge in [0.15, 0.2) is 6.61 Å². The van der Waals surface area contributed by atoms with Gasteiger partial charge in [0, 0.05) is 5.56 Å². The van der Waals surface area contributed by atoms with Crippen molar-refractivity contribution in [3.63, 3.8) is 0 Å². The lowest BCUT2D eigenvalue weighted by Crippen LogP contribution is -3.12. The Morgan fingerprint density at radius 1 is 1.03 bits per heavy atom. The maximum Gasteiger partial charge on any atom is 0.338 e. The van der Waals surface area contributed by atoms with Crippen molar-refractivity contribution in [1.29, 1.82) is 0 Å². The van der Waals surface area contributed by atoms with E-state index in [2.05, 4.69) is 24.4 Å². The average molecular weight is 412 g/mol. The van der Waals surface area contributed by atoms with E-state index in [1.807, 2.05) is 31.2 Å². The van der Waals surface area contributed by atoms with Crippen molar-refractivity contribution in [3.8, 4) is 0 Å². The first-order chi connectivity index (χ1) is 14.5. The van der Waals surface area contributed by atoms with Gasteiger partial charge in [-0.15, -0.1) is 0 Å². The lowest BCUT2D eigenvalue weighted by atomic mass is 10.1. The maximum atomic E-state index is 12.3. The van der Waals surface area contributed by atoms with Crippen LogP contribution in [0.4, 0.5) is 0 Å². The fourth-order valence-electron chi connectivity index (χ4n) is 3.51. The Hall–Kier alpha value is -2.70. The van der Waals surface area contributed by atoms with Gasteiger partial charge in [-0.05, 0) is 36.6 Å². The van der Waals surface area contributed by atoms with Gasteiger partial charge in [0.1, 0.15) is 19.6 Å². The summed E-state index contributed by atoms with van der Waals surface area (Å²) in [6.07, 6.45) is 0.979. The van der Waals surface area contributed by atoms with Gasteiger partial charge in [0.25, 0.3) is 5.91 Å². The van der Waals surface area contributed by atoms with Crippen molar-refractivity contribution in [2.75, 3.05) is 32.9 Å². The molecule has 1 aliphatic heterocycles. The van der Waals surface area contributed by atoms with Crippen LogP contribution in [0, 0.1) is 0 Å². The molecule has 1 saturated heterocycles. The molecule has 1 aliphatic rings. The second-order valence-corrected chi connectivity index (χ2v) is 7.70. The molecule has 30 heavy (non-hydrogen) atoms. The summed E-state index contributed by atoms with van der Waals surface area (Å²) in [5.41, 5.74) is 3.89. The van der Waals surface area contributed by atoms with E-state index in [1.54, 1.807) is 12.1 Å². The third-order valence-corrected chi connectivity index (χ3v) is 5.44. The highest BCUT2D eigenvalue weighted by Crippen LogP contribution is 2.13. The van der Waals surface area contributed by atoms with E-state index in [4.69, 9.17) is 9.47 Å². The van der Waals surface area contributed by atoms with Crippen LogP contribution in [0.5, 0.6) is 0 Å². The molecule has 0 unspecified atom stereocenters. The fourth-order valence-corrected chi connectivity index (χ4v) is 3.51. The predicted octanol–water partition coefficient (Wildman–Crippen LogP) is 1.70. The van der Waals surface area contributed by atoms with Crippen LogP contribution < -0.4 is 10.2 Å². The molecule has 0 spiro atoms. The summed E-state index contributed by atoms with van der Waals surface area (Å²) >= 11 is 0. The highest BCUT2D eigenvalue weighted by molar-refractivity contribution is 5.91. The quantitative estimate of drug-likeness (QED) is 0.649. The monoisotopic (exact) mass is 411 g/mol. The number of quaternary nitrogens is 1. The van der Waals surface area contributed by atoms with E-state index in [-0.39, 0.29) is 18.6 Å². The number of benzene rings is 2. The van der Waals surface area contributed by atoms with Crippen LogP contribution in [0.3, 0.4) is 0 Å². The molecular weight excluding hydrogens is 380 g/mol. The van der Waals surface area contributed by atoms with Crippen LogP contribution in [0.1, 0.15) is 46.9 Å². The minimum atomic E-state index is -0.490. The number of aryl methyl sites for hydroxylation is 1. The zero-order valence-corrected chi connectivity index (χ0v) is 17.8.